The summed E-state index contributed by atoms with van der Waals surface area (Å²) in [6.07, 6.45) is 0. The fourth-order valence-electron chi connectivity index (χ4n) is 1.63. The van der Waals surface area contributed by atoms with Crippen LogP contribution in [-0.2, 0) is 6.54 Å². The Morgan fingerprint density at radius 2 is 2.05 bits per heavy atom. The lowest BCUT2D eigenvalue weighted by molar-refractivity contribution is 0.0789. The average Bonchev–Trinajstić information content (AvgIpc) is 2.95. The van der Waals surface area contributed by atoms with Crippen LogP contribution in [0.3, 0.4) is 0 Å². The summed E-state index contributed by atoms with van der Waals surface area (Å²) in [5, 5.41) is 3.68. The van der Waals surface area contributed by atoms with Crippen LogP contribution in [-0.4, -0.2) is 41.9 Å². The first kappa shape index (κ1) is 14.7. The maximum atomic E-state index is 12.4. The Labute approximate surface area is 125 Å². The second kappa shape index (κ2) is 5.76. The van der Waals surface area contributed by atoms with Crippen LogP contribution >= 0.6 is 22.7 Å². The molecule has 0 aliphatic heterocycles. The third-order valence-electron chi connectivity index (χ3n) is 2.63. The Bertz CT molecular complexity index is 619. The van der Waals surface area contributed by atoms with Gasteiger partial charge < -0.3 is 15.5 Å². The molecule has 2 aromatic rings. The molecule has 0 spiro atoms. The van der Waals surface area contributed by atoms with Gasteiger partial charge in [0.1, 0.15) is 10.7 Å². The number of nitrogens with zero attached hydrogens (tertiary/aromatic N) is 4. The minimum atomic E-state index is -0.126. The van der Waals surface area contributed by atoms with Crippen LogP contribution in [0.5, 0.6) is 0 Å². The molecule has 2 heterocycles. The summed E-state index contributed by atoms with van der Waals surface area (Å²) in [6.45, 7) is 2.42. The molecule has 0 atom stereocenters. The van der Waals surface area contributed by atoms with Crippen molar-refractivity contribution >= 4 is 39.5 Å². The van der Waals surface area contributed by atoms with E-state index < -0.39 is 0 Å². The number of aryl methyl sites for hydroxylation is 1. The van der Waals surface area contributed by atoms with Crippen molar-refractivity contribution in [2.75, 3.05) is 31.8 Å². The average molecular weight is 311 g/mol. The van der Waals surface area contributed by atoms with E-state index in [0.29, 0.717) is 11.4 Å². The van der Waals surface area contributed by atoms with E-state index >= 15 is 0 Å². The number of amides is 1. The van der Waals surface area contributed by atoms with E-state index in [-0.39, 0.29) is 11.7 Å². The second-order valence-electron chi connectivity index (χ2n) is 4.62. The fraction of sp³-hybridized carbons (Fsp3) is 0.417. The summed E-state index contributed by atoms with van der Waals surface area (Å²) in [4.78, 5) is 24.8. The van der Waals surface area contributed by atoms with Gasteiger partial charge in [0.05, 0.1) is 17.2 Å². The SMILES string of the molecule is Cc1nc(CN(C)C(=O)c2sc(N(C)C)nc2N)cs1. The first-order valence-electron chi connectivity index (χ1n) is 5.98. The quantitative estimate of drug-likeness (QED) is 0.932. The molecule has 20 heavy (non-hydrogen) atoms. The molecule has 0 aliphatic carbocycles. The van der Waals surface area contributed by atoms with Crippen molar-refractivity contribution in [3.63, 3.8) is 0 Å². The molecular formula is C12H17N5OS2. The lowest BCUT2D eigenvalue weighted by Crippen LogP contribution is -2.26. The van der Waals surface area contributed by atoms with Crippen molar-refractivity contribution < 1.29 is 4.79 Å². The van der Waals surface area contributed by atoms with Crippen molar-refractivity contribution in [3.8, 4) is 0 Å². The van der Waals surface area contributed by atoms with Gasteiger partial charge in [0.2, 0.25) is 0 Å². The molecule has 2 aromatic heterocycles. The Morgan fingerprint density at radius 3 is 2.55 bits per heavy atom. The Balaban J connectivity index is 2.14. The Hall–Kier alpha value is -1.67. The molecule has 0 saturated carbocycles. The number of nitrogen functional groups attached to an aromatic ring is 1. The zero-order valence-electron chi connectivity index (χ0n) is 11.9. The number of carbonyl (C=O) groups excluding carboxylic acids is 1. The van der Waals surface area contributed by atoms with Crippen molar-refractivity contribution in [2.45, 2.75) is 13.5 Å². The predicted octanol–water partition coefficient (Wildman–Crippen LogP) is 1.83. The number of hydrogen-bond acceptors (Lipinski definition) is 7. The molecule has 0 aromatic carbocycles. The monoisotopic (exact) mass is 311 g/mol. The van der Waals surface area contributed by atoms with Crippen LogP contribution in [0.25, 0.3) is 0 Å². The summed E-state index contributed by atoms with van der Waals surface area (Å²) < 4.78 is 0. The van der Waals surface area contributed by atoms with Gasteiger partial charge in [-0.3, -0.25) is 4.79 Å². The van der Waals surface area contributed by atoms with Crippen LogP contribution in [0.1, 0.15) is 20.4 Å². The largest absolute Gasteiger partial charge is 0.382 e. The van der Waals surface area contributed by atoms with Gasteiger partial charge in [-0.1, -0.05) is 11.3 Å². The molecule has 0 fully saturated rings. The van der Waals surface area contributed by atoms with Crippen molar-refractivity contribution in [1.29, 1.82) is 0 Å². The molecule has 0 radical (unpaired) electrons. The highest BCUT2D eigenvalue weighted by atomic mass is 32.1. The molecule has 2 rings (SSSR count). The molecule has 108 valence electrons. The molecule has 0 saturated heterocycles. The van der Waals surface area contributed by atoms with E-state index in [4.69, 9.17) is 5.73 Å². The van der Waals surface area contributed by atoms with E-state index in [2.05, 4.69) is 9.97 Å². The first-order valence-corrected chi connectivity index (χ1v) is 7.68. The van der Waals surface area contributed by atoms with E-state index in [0.717, 1.165) is 15.8 Å². The van der Waals surface area contributed by atoms with Crippen LogP contribution in [0, 0.1) is 6.92 Å². The predicted molar refractivity (Wildman–Crippen MR) is 83.5 cm³/mol. The van der Waals surface area contributed by atoms with Gasteiger partial charge in [0.25, 0.3) is 5.91 Å². The van der Waals surface area contributed by atoms with Crippen LogP contribution < -0.4 is 10.6 Å². The minimum absolute atomic E-state index is 0.126. The van der Waals surface area contributed by atoms with Gasteiger partial charge in [-0.15, -0.1) is 11.3 Å². The zero-order chi connectivity index (χ0) is 14.9. The van der Waals surface area contributed by atoms with Gasteiger partial charge in [0.15, 0.2) is 5.13 Å². The number of anilines is 2. The molecule has 0 aliphatic rings. The van der Waals surface area contributed by atoms with Crippen LogP contribution in [0.4, 0.5) is 10.9 Å². The van der Waals surface area contributed by atoms with Crippen LogP contribution in [0.2, 0.25) is 0 Å². The smallest absolute Gasteiger partial charge is 0.267 e. The van der Waals surface area contributed by atoms with Crippen molar-refractivity contribution in [1.82, 2.24) is 14.9 Å². The molecule has 0 unspecified atom stereocenters. The van der Waals surface area contributed by atoms with E-state index in [9.17, 15) is 4.79 Å². The van der Waals surface area contributed by atoms with Gasteiger partial charge in [0, 0.05) is 26.5 Å². The maximum Gasteiger partial charge on any atom is 0.267 e. The number of hydrogen-bond donors (Lipinski definition) is 1. The summed E-state index contributed by atoms with van der Waals surface area (Å²) in [5.41, 5.74) is 6.72. The third kappa shape index (κ3) is 3.07. The molecular weight excluding hydrogens is 294 g/mol. The lowest BCUT2D eigenvalue weighted by Gasteiger charge is -2.14. The number of carbonyl (C=O) groups is 1. The van der Waals surface area contributed by atoms with Gasteiger partial charge in [-0.2, -0.15) is 0 Å². The normalized spacial score (nSPS) is 10.6. The molecule has 8 heteroatoms. The number of aromatic nitrogens is 2. The lowest BCUT2D eigenvalue weighted by atomic mass is 10.4. The summed E-state index contributed by atoms with van der Waals surface area (Å²) >= 11 is 2.88. The zero-order valence-corrected chi connectivity index (χ0v) is 13.5. The summed E-state index contributed by atoms with van der Waals surface area (Å²) in [7, 11) is 5.48. The highest BCUT2D eigenvalue weighted by Gasteiger charge is 2.21. The number of rotatable bonds is 4. The van der Waals surface area contributed by atoms with Gasteiger partial charge in [-0.05, 0) is 6.92 Å². The van der Waals surface area contributed by atoms with E-state index in [1.807, 2.05) is 31.3 Å². The highest BCUT2D eigenvalue weighted by Crippen LogP contribution is 2.28. The Kier molecular flexibility index (Phi) is 4.24. The second-order valence-corrected chi connectivity index (χ2v) is 6.66. The minimum Gasteiger partial charge on any atom is -0.382 e. The third-order valence-corrected chi connectivity index (χ3v) is 4.68. The van der Waals surface area contributed by atoms with Gasteiger partial charge in [-0.25, -0.2) is 9.97 Å². The number of nitrogens with two attached hydrogens (primary N) is 1. The number of thiazole rings is 2. The molecule has 0 bridgehead atoms. The summed E-state index contributed by atoms with van der Waals surface area (Å²) in [5.74, 6) is 0.156. The van der Waals surface area contributed by atoms with E-state index in [1.54, 1.807) is 23.3 Å². The van der Waals surface area contributed by atoms with Crippen molar-refractivity contribution in [3.05, 3.63) is 21.0 Å². The first-order chi connectivity index (χ1) is 9.38. The van der Waals surface area contributed by atoms with Crippen LogP contribution in [0.15, 0.2) is 5.38 Å². The fourth-order valence-corrected chi connectivity index (χ4v) is 3.14. The maximum absolute atomic E-state index is 12.4. The topological polar surface area (TPSA) is 75.4 Å². The highest BCUT2D eigenvalue weighted by molar-refractivity contribution is 7.18. The van der Waals surface area contributed by atoms with Gasteiger partial charge >= 0.3 is 0 Å². The molecule has 6 nitrogen and oxygen atoms in total. The molecule has 1 amide bonds. The molecule has 2 N–H and O–H groups in total. The van der Waals surface area contributed by atoms with Crippen molar-refractivity contribution in [2.24, 2.45) is 0 Å². The standard InChI is InChI=1S/C12H17N5OS2/c1-7-14-8(6-19-7)5-17(4)11(18)9-10(13)15-12(20-9)16(2)3/h6H,5,13H2,1-4H3. The summed E-state index contributed by atoms with van der Waals surface area (Å²) in [6, 6.07) is 0. The Morgan fingerprint density at radius 1 is 1.35 bits per heavy atom. The van der Waals surface area contributed by atoms with E-state index in [1.165, 1.54) is 11.3 Å².